The van der Waals surface area contributed by atoms with Crippen LogP contribution in [-0.4, -0.2) is 19.8 Å². The number of thioether (sulfide) groups is 1. The Hall–Kier alpha value is 0.500. The molecule has 0 spiro atoms. The number of rotatable bonds is 0. The molecule has 3 atom stereocenters. The molecule has 0 aromatic carbocycles. The molecule has 0 aliphatic carbocycles. The molecule has 54 valence electrons. The van der Waals surface area contributed by atoms with Gasteiger partial charge in [-0.25, -0.2) is 0 Å². The van der Waals surface area contributed by atoms with Gasteiger partial charge in [0.25, 0.3) is 0 Å². The van der Waals surface area contributed by atoms with Gasteiger partial charge in [0.2, 0.25) is 0 Å². The third kappa shape index (κ3) is 1.97. The number of hydrogen-bond donors (Lipinski definition) is 0. The molecule has 1 nitrogen and oxygen atoms in total. The Bertz CT molecular complexity index is 124. The smallest absolute Gasteiger partial charge is 0.0697 e. The summed E-state index contributed by atoms with van der Waals surface area (Å²) < 4.78 is 11.0. The van der Waals surface area contributed by atoms with Gasteiger partial charge in [0.15, 0.2) is 0 Å². The second kappa shape index (κ2) is 3.06. The lowest BCUT2D eigenvalue weighted by Gasteiger charge is -2.22. The van der Waals surface area contributed by atoms with Crippen molar-refractivity contribution >= 4 is 22.6 Å². The van der Waals surface area contributed by atoms with Crippen molar-refractivity contribution in [3.8, 4) is 0 Å². The minimum atomic E-state index is -0.543. The molecule has 0 aromatic heterocycles. The van der Waals surface area contributed by atoms with Crippen molar-refractivity contribution in [3.05, 3.63) is 0 Å². The molecule has 0 N–H and O–H groups in total. The van der Waals surface area contributed by atoms with Gasteiger partial charge in [-0.05, 0) is 6.42 Å². The summed E-state index contributed by atoms with van der Waals surface area (Å²) in [4.78, 5) is 0. The van der Waals surface area contributed by atoms with Crippen LogP contribution in [0.1, 0.15) is 20.3 Å². The van der Waals surface area contributed by atoms with E-state index in [0.717, 1.165) is 16.8 Å². The standard InChI is InChI=1S/C6H12OS2/c1-5-3-6(2)9(7)4-8-5/h5-6H,3-4H2,1-2H3/t5-,6+,9?/m1/s1. The summed E-state index contributed by atoms with van der Waals surface area (Å²) in [6.45, 7) is 4.28. The van der Waals surface area contributed by atoms with Crippen LogP contribution in [0.2, 0.25) is 0 Å². The first-order valence-electron chi connectivity index (χ1n) is 3.19. The highest BCUT2D eigenvalue weighted by atomic mass is 32.2. The lowest BCUT2D eigenvalue weighted by molar-refractivity contribution is 0.664. The molecule has 1 aliphatic heterocycles. The monoisotopic (exact) mass is 164 g/mol. The van der Waals surface area contributed by atoms with Crippen LogP contribution in [0.25, 0.3) is 0 Å². The van der Waals surface area contributed by atoms with Crippen molar-refractivity contribution in [3.63, 3.8) is 0 Å². The van der Waals surface area contributed by atoms with E-state index in [1.54, 1.807) is 0 Å². The fraction of sp³-hybridized carbons (Fsp3) is 1.00. The highest BCUT2D eigenvalue weighted by Crippen LogP contribution is 2.25. The minimum Gasteiger partial charge on any atom is -0.258 e. The first kappa shape index (κ1) is 7.61. The summed E-state index contributed by atoms with van der Waals surface area (Å²) in [7, 11) is -0.543. The van der Waals surface area contributed by atoms with Gasteiger partial charge in [-0.1, -0.05) is 13.8 Å². The maximum atomic E-state index is 11.0. The Morgan fingerprint density at radius 1 is 1.56 bits per heavy atom. The molecule has 1 saturated heterocycles. The quantitative estimate of drug-likeness (QED) is 0.541. The third-order valence-electron chi connectivity index (χ3n) is 1.58. The summed E-state index contributed by atoms with van der Waals surface area (Å²) in [6, 6.07) is 0. The van der Waals surface area contributed by atoms with Crippen LogP contribution in [0.3, 0.4) is 0 Å². The van der Waals surface area contributed by atoms with Crippen molar-refractivity contribution in [2.24, 2.45) is 0 Å². The second-order valence-electron chi connectivity index (χ2n) is 2.52. The maximum absolute atomic E-state index is 11.0. The lowest BCUT2D eigenvalue weighted by atomic mass is 10.3. The first-order chi connectivity index (χ1) is 4.20. The molecule has 9 heavy (non-hydrogen) atoms. The van der Waals surface area contributed by atoms with Gasteiger partial charge < -0.3 is 0 Å². The van der Waals surface area contributed by atoms with Crippen LogP contribution in [0.4, 0.5) is 0 Å². The predicted molar refractivity (Wildman–Crippen MR) is 44.1 cm³/mol. The Kier molecular flexibility index (Phi) is 2.59. The minimum absolute atomic E-state index is 0.432. The van der Waals surface area contributed by atoms with Crippen molar-refractivity contribution < 1.29 is 4.21 Å². The van der Waals surface area contributed by atoms with E-state index < -0.39 is 10.8 Å². The van der Waals surface area contributed by atoms with Gasteiger partial charge >= 0.3 is 0 Å². The van der Waals surface area contributed by atoms with Crippen molar-refractivity contribution in [2.45, 2.75) is 30.8 Å². The average molecular weight is 164 g/mol. The highest BCUT2D eigenvalue weighted by Gasteiger charge is 2.21. The Balaban J connectivity index is 2.44. The average Bonchev–Trinajstić information content (AvgIpc) is 1.80. The molecule has 0 radical (unpaired) electrons. The molecular formula is C6H12OS2. The van der Waals surface area contributed by atoms with Crippen molar-refractivity contribution in [1.82, 2.24) is 0 Å². The van der Waals surface area contributed by atoms with E-state index >= 15 is 0 Å². The SMILES string of the molecule is C[C@@H]1C[C@H](C)S(=O)CS1. The largest absolute Gasteiger partial charge is 0.258 e. The van der Waals surface area contributed by atoms with Crippen LogP contribution in [0.15, 0.2) is 0 Å². The van der Waals surface area contributed by atoms with Crippen LogP contribution in [0, 0.1) is 0 Å². The molecule has 0 amide bonds. The topological polar surface area (TPSA) is 17.1 Å². The lowest BCUT2D eigenvalue weighted by Crippen LogP contribution is -2.23. The molecule has 1 rings (SSSR count). The molecule has 0 bridgehead atoms. The maximum Gasteiger partial charge on any atom is 0.0697 e. The molecule has 1 heterocycles. The fourth-order valence-electron chi connectivity index (χ4n) is 0.942. The Morgan fingerprint density at radius 3 is 2.67 bits per heavy atom. The van der Waals surface area contributed by atoms with Gasteiger partial charge in [0.05, 0.1) is 5.08 Å². The Labute approximate surface area is 63.1 Å². The van der Waals surface area contributed by atoms with Crippen LogP contribution in [0.5, 0.6) is 0 Å². The Morgan fingerprint density at radius 2 is 2.22 bits per heavy atom. The molecule has 1 fully saturated rings. The molecule has 1 unspecified atom stereocenters. The fourth-order valence-corrected chi connectivity index (χ4v) is 4.39. The van der Waals surface area contributed by atoms with Gasteiger partial charge in [-0.3, -0.25) is 4.21 Å². The van der Waals surface area contributed by atoms with Gasteiger partial charge in [-0.2, -0.15) is 0 Å². The summed E-state index contributed by atoms with van der Waals surface area (Å²) >= 11 is 1.83. The molecule has 0 saturated carbocycles. The van der Waals surface area contributed by atoms with E-state index in [1.165, 1.54) is 0 Å². The van der Waals surface area contributed by atoms with Gasteiger partial charge in [0.1, 0.15) is 0 Å². The van der Waals surface area contributed by atoms with Gasteiger partial charge in [-0.15, -0.1) is 11.8 Å². The van der Waals surface area contributed by atoms with Crippen molar-refractivity contribution in [2.75, 3.05) is 5.08 Å². The first-order valence-corrected chi connectivity index (χ1v) is 5.62. The van der Waals surface area contributed by atoms with E-state index in [-0.39, 0.29) is 0 Å². The third-order valence-corrected chi connectivity index (χ3v) is 4.91. The molecule has 0 aromatic rings. The molecule has 1 aliphatic rings. The summed E-state index contributed by atoms with van der Waals surface area (Å²) in [6.07, 6.45) is 1.12. The number of hydrogen-bond acceptors (Lipinski definition) is 2. The summed E-state index contributed by atoms with van der Waals surface area (Å²) in [5.74, 6) is 0. The van der Waals surface area contributed by atoms with E-state index in [4.69, 9.17) is 0 Å². The normalized spacial score (nSPS) is 44.9. The summed E-state index contributed by atoms with van der Waals surface area (Å²) in [5.41, 5.74) is 0. The van der Waals surface area contributed by atoms with Crippen LogP contribution >= 0.6 is 11.8 Å². The van der Waals surface area contributed by atoms with E-state index in [2.05, 4.69) is 13.8 Å². The zero-order chi connectivity index (χ0) is 6.85. The zero-order valence-electron chi connectivity index (χ0n) is 5.79. The van der Waals surface area contributed by atoms with E-state index in [1.807, 2.05) is 11.8 Å². The zero-order valence-corrected chi connectivity index (χ0v) is 7.43. The summed E-state index contributed by atoms with van der Waals surface area (Å²) in [5, 5.41) is 2.00. The van der Waals surface area contributed by atoms with E-state index in [9.17, 15) is 4.21 Å². The van der Waals surface area contributed by atoms with Crippen LogP contribution < -0.4 is 0 Å². The van der Waals surface area contributed by atoms with E-state index in [0.29, 0.717) is 5.25 Å². The molecular weight excluding hydrogens is 152 g/mol. The predicted octanol–water partition coefficient (Wildman–Crippen LogP) is 1.61. The second-order valence-corrected chi connectivity index (χ2v) is 6.17. The van der Waals surface area contributed by atoms with Gasteiger partial charge in [0, 0.05) is 21.3 Å². The highest BCUT2D eigenvalue weighted by molar-refractivity contribution is 8.11. The van der Waals surface area contributed by atoms with Crippen LogP contribution in [-0.2, 0) is 10.8 Å². The van der Waals surface area contributed by atoms with Crippen molar-refractivity contribution in [1.29, 1.82) is 0 Å². The molecule has 3 heteroatoms.